The van der Waals surface area contributed by atoms with E-state index >= 15 is 0 Å². The normalized spacial score (nSPS) is 17.1. The number of hydrogen-bond acceptors (Lipinski definition) is 4. The van der Waals surface area contributed by atoms with Crippen LogP contribution in [0.1, 0.15) is 37.9 Å². The second-order valence-electron chi connectivity index (χ2n) is 7.10. The summed E-state index contributed by atoms with van der Waals surface area (Å²) in [5.74, 6) is 0.445. The van der Waals surface area contributed by atoms with E-state index in [2.05, 4.69) is 58.4 Å². The minimum atomic E-state index is -0.350. The number of hydrogen-bond donors (Lipinski definition) is 1. The van der Waals surface area contributed by atoms with Crippen molar-refractivity contribution in [1.29, 1.82) is 0 Å². The van der Waals surface area contributed by atoms with Gasteiger partial charge in [-0.05, 0) is 30.4 Å². The van der Waals surface area contributed by atoms with Gasteiger partial charge in [0.25, 0.3) is 0 Å². The molecule has 0 fully saturated rings. The Hall–Kier alpha value is -2.21. The molecule has 0 bridgehead atoms. The van der Waals surface area contributed by atoms with E-state index in [1.165, 1.54) is 17.5 Å². The molecule has 2 heterocycles. The van der Waals surface area contributed by atoms with Crippen LogP contribution in [0.5, 0.6) is 0 Å². The Morgan fingerprint density at radius 3 is 2.68 bits per heavy atom. The van der Waals surface area contributed by atoms with Gasteiger partial charge in [0, 0.05) is 25.7 Å². The molecule has 0 radical (unpaired) electrons. The third-order valence-corrected chi connectivity index (χ3v) is 5.10. The lowest BCUT2D eigenvalue weighted by Gasteiger charge is -2.38. The van der Waals surface area contributed by atoms with E-state index < -0.39 is 0 Å². The van der Waals surface area contributed by atoms with Crippen molar-refractivity contribution < 1.29 is 4.79 Å². The highest BCUT2D eigenvalue weighted by Gasteiger charge is 2.27. The highest BCUT2D eigenvalue weighted by molar-refractivity contribution is 5.79. The van der Waals surface area contributed by atoms with Crippen LogP contribution in [0.4, 0.5) is 0 Å². The first-order valence-electron chi connectivity index (χ1n) is 8.99. The molecule has 1 aliphatic rings. The van der Waals surface area contributed by atoms with Crippen molar-refractivity contribution in [2.45, 2.75) is 45.8 Å². The minimum Gasteiger partial charge on any atom is -0.353 e. The molecule has 3 rings (SSSR count). The molecule has 6 heteroatoms. The fourth-order valence-electron chi connectivity index (χ4n) is 3.48. The molecular weight excluding hydrogens is 314 g/mol. The summed E-state index contributed by atoms with van der Waals surface area (Å²) < 4.78 is 1.58. The zero-order valence-electron chi connectivity index (χ0n) is 15.2. The number of carbonyl (C=O) groups is 1. The fraction of sp³-hybridized carbons (Fsp3) is 0.526. The average molecular weight is 341 g/mol. The Bertz CT molecular complexity index is 698. The van der Waals surface area contributed by atoms with Crippen LogP contribution >= 0.6 is 0 Å². The fourth-order valence-corrected chi connectivity index (χ4v) is 3.48. The second kappa shape index (κ2) is 7.78. The van der Waals surface area contributed by atoms with E-state index in [0.29, 0.717) is 18.5 Å². The summed E-state index contributed by atoms with van der Waals surface area (Å²) in [5, 5.41) is 7.15. The van der Waals surface area contributed by atoms with Crippen molar-refractivity contribution in [3.8, 4) is 0 Å². The van der Waals surface area contributed by atoms with Crippen LogP contribution in [-0.4, -0.2) is 44.7 Å². The summed E-state index contributed by atoms with van der Waals surface area (Å²) in [6.45, 7) is 8.92. The third-order valence-electron chi connectivity index (χ3n) is 5.10. The van der Waals surface area contributed by atoms with Crippen LogP contribution < -0.4 is 5.32 Å². The number of fused-ring (bicyclic) bond motifs is 1. The first kappa shape index (κ1) is 17.6. The van der Waals surface area contributed by atoms with Crippen LogP contribution in [0.2, 0.25) is 0 Å². The predicted octanol–water partition coefficient (Wildman–Crippen LogP) is 2.04. The monoisotopic (exact) mass is 341 g/mol. The highest BCUT2D eigenvalue weighted by Crippen LogP contribution is 2.22. The number of nitrogens with one attached hydrogen (secondary N) is 1. The Labute approximate surface area is 149 Å². The van der Waals surface area contributed by atoms with E-state index in [-0.39, 0.29) is 11.9 Å². The number of carbonyl (C=O) groups excluding carboxylic acids is 1. The molecule has 6 nitrogen and oxygen atoms in total. The lowest BCUT2D eigenvalue weighted by molar-refractivity contribution is -0.124. The van der Waals surface area contributed by atoms with E-state index in [1.54, 1.807) is 11.0 Å². The van der Waals surface area contributed by atoms with Crippen molar-refractivity contribution in [2.24, 2.45) is 5.92 Å². The summed E-state index contributed by atoms with van der Waals surface area (Å²) >= 11 is 0. The van der Waals surface area contributed by atoms with Gasteiger partial charge >= 0.3 is 0 Å². The summed E-state index contributed by atoms with van der Waals surface area (Å²) in [6, 6.07) is 8.62. The number of rotatable bonds is 6. The summed E-state index contributed by atoms with van der Waals surface area (Å²) in [4.78, 5) is 18.8. The second-order valence-corrected chi connectivity index (χ2v) is 7.10. The van der Waals surface area contributed by atoms with Crippen LogP contribution in [0.25, 0.3) is 0 Å². The maximum absolute atomic E-state index is 12.4. The maximum Gasteiger partial charge on any atom is 0.244 e. The van der Waals surface area contributed by atoms with E-state index in [4.69, 9.17) is 0 Å². The summed E-state index contributed by atoms with van der Waals surface area (Å²) in [5.41, 5.74) is 2.85. The van der Waals surface area contributed by atoms with Crippen molar-refractivity contribution in [3.63, 3.8) is 0 Å². The van der Waals surface area contributed by atoms with Crippen LogP contribution in [0.3, 0.4) is 0 Å². The lowest BCUT2D eigenvalue weighted by Crippen LogP contribution is -2.49. The molecule has 0 saturated heterocycles. The molecule has 1 aromatic carbocycles. The molecule has 134 valence electrons. The molecule has 1 N–H and O–H groups in total. The minimum absolute atomic E-state index is 0.0199. The topological polar surface area (TPSA) is 63.1 Å². The van der Waals surface area contributed by atoms with Crippen LogP contribution in [-0.2, 0) is 17.8 Å². The van der Waals surface area contributed by atoms with Crippen molar-refractivity contribution in [1.82, 2.24) is 25.0 Å². The standard InChI is InChI=1S/C19H27N5O/c1-14(2)18(10-21-19(25)15(3)24-13-20-12-22-24)23-9-8-16-6-4-5-7-17(16)11-23/h4-7,12-15,18H,8-11H2,1-3H3,(H,21,25)/t15-,18+/m1/s1. The van der Waals surface area contributed by atoms with Crippen molar-refractivity contribution in [2.75, 3.05) is 13.1 Å². The first-order valence-corrected chi connectivity index (χ1v) is 8.99. The van der Waals surface area contributed by atoms with Gasteiger partial charge in [0.1, 0.15) is 18.7 Å². The SMILES string of the molecule is CC(C)[C@H](CNC(=O)[C@@H](C)n1cncn1)N1CCc2ccccc2C1. The van der Waals surface area contributed by atoms with Gasteiger partial charge in [0.2, 0.25) is 5.91 Å². The van der Waals surface area contributed by atoms with Crippen LogP contribution in [0.15, 0.2) is 36.9 Å². The summed E-state index contributed by atoms with van der Waals surface area (Å²) in [6.07, 6.45) is 4.10. The molecule has 1 aromatic heterocycles. The number of benzene rings is 1. The zero-order valence-corrected chi connectivity index (χ0v) is 15.2. The van der Waals surface area contributed by atoms with Crippen molar-refractivity contribution >= 4 is 5.91 Å². The molecule has 1 amide bonds. The number of aromatic nitrogens is 3. The van der Waals surface area contributed by atoms with Gasteiger partial charge < -0.3 is 5.32 Å². The Morgan fingerprint density at radius 1 is 1.24 bits per heavy atom. The predicted molar refractivity (Wildman–Crippen MR) is 96.9 cm³/mol. The average Bonchev–Trinajstić information content (AvgIpc) is 3.15. The largest absolute Gasteiger partial charge is 0.353 e. The smallest absolute Gasteiger partial charge is 0.244 e. The van der Waals surface area contributed by atoms with Gasteiger partial charge in [-0.2, -0.15) is 5.10 Å². The van der Waals surface area contributed by atoms with Gasteiger partial charge in [0.15, 0.2) is 0 Å². The van der Waals surface area contributed by atoms with Crippen molar-refractivity contribution in [3.05, 3.63) is 48.0 Å². The molecule has 2 aromatic rings. The van der Waals surface area contributed by atoms with Gasteiger partial charge in [-0.1, -0.05) is 38.1 Å². The van der Waals surface area contributed by atoms with Gasteiger partial charge in [-0.3, -0.25) is 9.69 Å². The Kier molecular flexibility index (Phi) is 5.48. The molecule has 0 spiro atoms. The van der Waals surface area contributed by atoms with Gasteiger partial charge in [-0.15, -0.1) is 0 Å². The first-order chi connectivity index (χ1) is 12.1. The molecule has 0 unspecified atom stereocenters. The molecule has 2 atom stereocenters. The molecule has 0 aliphatic carbocycles. The van der Waals surface area contributed by atoms with Gasteiger partial charge in [-0.25, -0.2) is 9.67 Å². The Morgan fingerprint density at radius 2 is 2.00 bits per heavy atom. The number of amides is 1. The highest BCUT2D eigenvalue weighted by atomic mass is 16.2. The summed E-state index contributed by atoms with van der Waals surface area (Å²) in [7, 11) is 0. The molecule has 25 heavy (non-hydrogen) atoms. The third kappa shape index (κ3) is 4.07. The number of nitrogens with zero attached hydrogens (tertiary/aromatic N) is 4. The van der Waals surface area contributed by atoms with E-state index in [9.17, 15) is 4.79 Å². The Balaban J connectivity index is 1.61. The van der Waals surface area contributed by atoms with Gasteiger partial charge in [0.05, 0.1) is 0 Å². The van der Waals surface area contributed by atoms with E-state index in [0.717, 1.165) is 19.5 Å². The zero-order chi connectivity index (χ0) is 17.8. The molecule has 1 aliphatic heterocycles. The quantitative estimate of drug-likeness (QED) is 0.873. The van der Waals surface area contributed by atoms with E-state index in [1.807, 2.05) is 6.92 Å². The molecular formula is C19H27N5O. The van der Waals surface area contributed by atoms with Crippen LogP contribution in [0, 0.1) is 5.92 Å². The lowest BCUT2D eigenvalue weighted by atomic mass is 9.95. The molecule has 0 saturated carbocycles. The maximum atomic E-state index is 12.4.